The summed E-state index contributed by atoms with van der Waals surface area (Å²) in [4.78, 5) is 7.80. The molecule has 2 nitrogen and oxygen atoms in total. The maximum absolute atomic E-state index is 13.7. The summed E-state index contributed by atoms with van der Waals surface area (Å²) in [7, 11) is 0. The lowest BCUT2D eigenvalue weighted by Gasteiger charge is -2.03. The highest BCUT2D eigenvalue weighted by molar-refractivity contribution is 5.95. The van der Waals surface area contributed by atoms with Crippen LogP contribution in [0.2, 0.25) is 0 Å². The van der Waals surface area contributed by atoms with Crippen LogP contribution in [0.25, 0.3) is 33.1 Å². The minimum Gasteiger partial charge on any atom is -0.360 e. The van der Waals surface area contributed by atoms with Crippen LogP contribution >= 0.6 is 0 Å². The van der Waals surface area contributed by atoms with Gasteiger partial charge in [-0.3, -0.25) is 0 Å². The number of aromatic amines is 1. The highest BCUT2D eigenvalue weighted by atomic mass is 19.1. The van der Waals surface area contributed by atoms with Gasteiger partial charge in [0, 0.05) is 28.0 Å². The van der Waals surface area contributed by atoms with Gasteiger partial charge in [0.1, 0.15) is 5.82 Å². The minimum atomic E-state index is -0.236. The van der Waals surface area contributed by atoms with Crippen molar-refractivity contribution in [1.29, 1.82) is 0 Å². The number of halogens is 1. The van der Waals surface area contributed by atoms with Crippen molar-refractivity contribution in [3.8, 4) is 11.3 Å². The van der Waals surface area contributed by atoms with Crippen LogP contribution in [0, 0.1) is 5.82 Å². The Morgan fingerprint density at radius 3 is 2.70 bits per heavy atom. The molecule has 20 heavy (non-hydrogen) atoms. The lowest BCUT2D eigenvalue weighted by Crippen LogP contribution is -1.86. The number of benzene rings is 2. The number of para-hydroxylation sites is 1. The molecule has 0 atom stereocenters. The van der Waals surface area contributed by atoms with Crippen LogP contribution in [-0.2, 0) is 0 Å². The first-order valence-corrected chi connectivity index (χ1v) is 6.45. The first-order chi connectivity index (χ1) is 9.83. The van der Waals surface area contributed by atoms with Crippen LogP contribution < -0.4 is 0 Å². The molecule has 4 aromatic rings. The molecule has 0 saturated carbocycles. The van der Waals surface area contributed by atoms with Crippen LogP contribution in [0.4, 0.5) is 4.39 Å². The molecule has 4 rings (SSSR count). The van der Waals surface area contributed by atoms with Gasteiger partial charge >= 0.3 is 0 Å². The van der Waals surface area contributed by atoms with Crippen molar-refractivity contribution >= 4 is 21.8 Å². The second-order valence-electron chi connectivity index (χ2n) is 4.75. The molecule has 2 heterocycles. The SMILES string of the molecule is Fc1cccc2nc(-c3c[nH]c4ccccc34)ccc12. The Bertz CT molecular complexity index is 924. The first kappa shape index (κ1) is 11.2. The number of pyridine rings is 1. The number of H-pyrrole nitrogens is 1. The molecule has 1 N–H and O–H groups in total. The van der Waals surface area contributed by atoms with Crippen LogP contribution in [0.15, 0.2) is 60.8 Å². The zero-order valence-corrected chi connectivity index (χ0v) is 10.6. The van der Waals surface area contributed by atoms with Gasteiger partial charge in [-0.15, -0.1) is 0 Å². The van der Waals surface area contributed by atoms with E-state index in [1.165, 1.54) is 6.07 Å². The minimum absolute atomic E-state index is 0.236. The molecule has 0 saturated heterocycles. The summed E-state index contributed by atoms with van der Waals surface area (Å²) in [6, 6.07) is 16.7. The molecule has 2 aromatic heterocycles. The summed E-state index contributed by atoms with van der Waals surface area (Å²) < 4.78 is 13.7. The Balaban J connectivity index is 1.98. The predicted molar refractivity (Wildman–Crippen MR) is 79.0 cm³/mol. The van der Waals surface area contributed by atoms with Crippen LogP contribution in [-0.4, -0.2) is 9.97 Å². The fourth-order valence-corrected chi connectivity index (χ4v) is 2.55. The molecular formula is C17H11FN2. The molecule has 0 amide bonds. The van der Waals surface area contributed by atoms with E-state index in [2.05, 4.69) is 16.0 Å². The Morgan fingerprint density at radius 2 is 1.75 bits per heavy atom. The Morgan fingerprint density at radius 1 is 0.850 bits per heavy atom. The zero-order chi connectivity index (χ0) is 13.5. The van der Waals surface area contributed by atoms with Gasteiger partial charge in [-0.25, -0.2) is 9.37 Å². The van der Waals surface area contributed by atoms with Gasteiger partial charge in [-0.05, 0) is 30.3 Å². The van der Waals surface area contributed by atoms with Crippen molar-refractivity contribution in [2.75, 3.05) is 0 Å². The molecule has 2 aromatic carbocycles. The van der Waals surface area contributed by atoms with Crippen molar-refractivity contribution in [1.82, 2.24) is 9.97 Å². The number of fused-ring (bicyclic) bond motifs is 2. The Kier molecular flexibility index (Phi) is 2.33. The fraction of sp³-hybridized carbons (Fsp3) is 0. The number of nitrogens with one attached hydrogen (secondary N) is 1. The average molecular weight is 262 g/mol. The summed E-state index contributed by atoms with van der Waals surface area (Å²) in [5.41, 5.74) is 3.63. The molecule has 0 fully saturated rings. The van der Waals surface area contributed by atoms with Gasteiger partial charge in [0.25, 0.3) is 0 Å². The highest BCUT2D eigenvalue weighted by Crippen LogP contribution is 2.28. The third-order valence-corrected chi connectivity index (χ3v) is 3.54. The fourth-order valence-electron chi connectivity index (χ4n) is 2.55. The van der Waals surface area contributed by atoms with Crippen molar-refractivity contribution in [3.05, 3.63) is 66.6 Å². The largest absolute Gasteiger partial charge is 0.360 e. The third-order valence-electron chi connectivity index (χ3n) is 3.54. The van der Waals surface area contributed by atoms with Crippen molar-refractivity contribution < 1.29 is 4.39 Å². The second kappa shape index (κ2) is 4.17. The summed E-state index contributed by atoms with van der Waals surface area (Å²) in [5.74, 6) is -0.236. The molecule has 0 spiro atoms. The van der Waals surface area contributed by atoms with Gasteiger partial charge in [-0.1, -0.05) is 24.3 Å². The van der Waals surface area contributed by atoms with Crippen LogP contribution in [0.5, 0.6) is 0 Å². The first-order valence-electron chi connectivity index (χ1n) is 6.45. The molecule has 0 aliphatic heterocycles. The van der Waals surface area contributed by atoms with E-state index in [4.69, 9.17) is 0 Å². The predicted octanol–water partition coefficient (Wildman–Crippen LogP) is 4.52. The summed E-state index contributed by atoms with van der Waals surface area (Å²) >= 11 is 0. The summed E-state index contributed by atoms with van der Waals surface area (Å²) in [5, 5.41) is 1.67. The van der Waals surface area contributed by atoms with E-state index in [0.29, 0.717) is 10.9 Å². The monoisotopic (exact) mass is 262 g/mol. The second-order valence-corrected chi connectivity index (χ2v) is 4.75. The van der Waals surface area contributed by atoms with Crippen molar-refractivity contribution in [2.45, 2.75) is 0 Å². The standard InChI is InChI=1S/C17H11FN2/c18-14-5-3-7-16-12(14)8-9-17(20-16)13-10-19-15-6-2-1-4-11(13)15/h1-10,19H. The van der Waals surface area contributed by atoms with Gasteiger partial charge in [-0.2, -0.15) is 0 Å². The zero-order valence-electron chi connectivity index (χ0n) is 10.6. The average Bonchev–Trinajstić information content (AvgIpc) is 2.91. The van der Waals surface area contributed by atoms with Crippen molar-refractivity contribution in [3.63, 3.8) is 0 Å². The van der Waals surface area contributed by atoms with Gasteiger partial charge in [0.2, 0.25) is 0 Å². The molecule has 0 unspecified atom stereocenters. The molecule has 0 bridgehead atoms. The molecular weight excluding hydrogens is 251 g/mol. The van der Waals surface area contributed by atoms with Gasteiger partial charge in [0.15, 0.2) is 0 Å². The quantitative estimate of drug-likeness (QED) is 0.536. The topological polar surface area (TPSA) is 28.7 Å². The lowest BCUT2D eigenvalue weighted by atomic mass is 10.1. The number of aromatic nitrogens is 2. The van der Waals surface area contributed by atoms with Gasteiger partial charge in [0.05, 0.1) is 11.2 Å². The molecule has 3 heteroatoms. The number of nitrogens with zero attached hydrogens (tertiary/aromatic N) is 1. The van der Waals surface area contributed by atoms with E-state index in [-0.39, 0.29) is 5.82 Å². The Hall–Kier alpha value is -2.68. The Labute approximate surface area is 114 Å². The normalized spacial score (nSPS) is 11.2. The molecule has 0 aliphatic rings. The van der Waals surface area contributed by atoms with E-state index in [1.807, 2.05) is 36.5 Å². The highest BCUT2D eigenvalue weighted by Gasteiger charge is 2.08. The maximum Gasteiger partial charge on any atom is 0.132 e. The van der Waals surface area contributed by atoms with E-state index in [0.717, 1.165) is 22.2 Å². The van der Waals surface area contributed by atoms with E-state index in [9.17, 15) is 4.39 Å². The van der Waals surface area contributed by atoms with Crippen LogP contribution in [0.1, 0.15) is 0 Å². The smallest absolute Gasteiger partial charge is 0.132 e. The van der Waals surface area contributed by atoms with E-state index in [1.54, 1.807) is 12.1 Å². The molecule has 96 valence electrons. The van der Waals surface area contributed by atoms with E-state index >= 15 is 0 Å². The maximum atomic E-state index is 13.7. The number of hydrogen-bond acceptors (Lipinski definition) is 1. The van der Waals surface area contributed by atoms with Crippen LogP contribution in [0.3, 0.4) is 0 Å². The molecule has 0 radical (unpaired) electrons. The lowest BCUT2D eigenvalue weighted by molar-refractivity contribution is 0.639. The van der Waals surface area contributed by atoms with E-state index < -0.39 is 0 Å². The van der Waals surface area contributed by atoms with Gasteiger partial charge < -0.3 is 4.98 Å². The summed E-state index contributed by atoms with van der Waals surface area (Å²) in [6.07, 6.45) is 1.94. The molecule has 0 aliphatic carbocycles. The summed E-state index contributed by atoms with van der Waals surface area (Å²) in [6.45, 7) is 0. The number of rotatable bonds is 1. The number of hydrogen-bond donors (Lipinski definition) is 1. The third kappa shape index (κ3) is 1.60. The van der Waals surface area contributed by atoms with Crippen molar-refractivity contribution in [2.24, 2.45) is 0 Å².